The predicted octanol–water partition coefficient (Wildman–Crippen LogP) is 2.36. The standard InChI is InChI=1S/C15H17N5/c16-11-5-9-13-8-4-10-14-18-15(19-20(13)14)17-12-6-2-1-3-7-12/h1-4,6-8,10H,5,9,11,16H2,(H,17,19). The van der Waals surface area contributed by atoms with Gasteiger partial charge < -0.3 is 11.1 Å². The Morgan fingerprint density at radius 1 is 1.05 bits per heavy atom. The van der Waals surface area contributed by atoms with Crippen molar-refractivity contribution in [1.29, 1.82) is 0 Å². The molecular weight excluding hydrogens is 250 g/mol. The molecule has 20 heavy (non-hydrogen) atoms. The normalized spacial score (nSPS) is 10.8. The van der Waals surface area contributed by atoms with Crippen molar-refractivity contribution >= 4 is 17.3 Å². The summed E-state index contributed by atoms with van der Waals surface area (Å²) in [7, 11) is 0. The Balaban J connectivity index is 1.90. The third-order valence-electron chi connectivity index (χ3n) is 3.11. The number of benzene rings is 1. The Morgan fingerprint density at radius 3 is 2.70 bits per heavy atom. The van der Waals surface area contributed by atoms with E-state index in [0.29, 0.717) is 12.5 Å². The average molecular weight is 267 g/mol. The van der Waals surface area contributed by atoms with Gasteiger partial charge in [0.2, 0.25) is 5.95 Å². The maximum Gasteiger partial charge on any atom is 0.247 e. The molecule has 0 amide bonds. The van der Waals surface area contributed by atoms with E-state index in [2.05, 4.69) is 21.5 Å². The minimum absolute atomic E-state index is 0.608. The fraction of sp³-hybridized carbons (Fsp3) is 0.200. The molecule has 0 radical (unpaired) electrons. The van der Waals surface area contributed by atoms with Gasteiger partial charge in [-0.05, 0) is 43.7 Å². The summed E-state index contributed by atoms with van der Waals surface area (Å²) in [5.41, 5.74) is 8.52. The van der Waals surface area contributed by atoms with Gasteiger partial charge in [0.25, 0.3) is 0 Å². The number of hydrogen-bond donors (Lipinski definition) is 2. The summed E-state index contributed by atoms with van der Waals surface area (Å²) in [5.74, 6) is 0.608. The molecule has 0 saturated heterocycles. The second kappa shape index (κ2) is 5.71. The van der Waals surface area contributed by atoms with Crippen molar-refractivity contribution < 1.29 is 0 Å². The van der Waals surface area contributed by atoms with Crippen molar-refractivity contribution in [3.8, 4) is 0 Å². The van der Waals surface area contributed by atoms with Gasteiger partial charge in [-0.1, -0.05) is 24.3 Å². The number of rotatable bonds is 5. The van der Waals surface area contributed by atoms with Crippen LogP contribution in [0.1, 0.15) is 12.1 Å². The van der Waals surface area contributed by atoms with Crippen LogP contribution in [0, 0.1) is 0 Å². The van der Waals surface area contributed by atoms with Crippen molar-refractivity contribution in [2.45, 2.75) is 12.8 Å². The van der Waals surface area contributed by atoms with Crippen molar-refractivity contribution in [1.82, 2.24) is 14.6 Å². The average Bonchev–Trinajstić information content (AvgIpc) is 2.89. The van der Waals surface area contributed by atoms with Crippen LogP contribution in [-0.4, -0.2) is 21.1 Å². The van der Waals surface area contributed by atoms with Gasteiger partial charge in [-0.25, -0.2) is 4.52 Å². The minimum Gasteiger partial charge on any atom is -0.330 e. The molecule has 0 bridgehead atoms. The summed E-state index contributed by atoms with van der Waals surface area (Å²) in [6.07, 6.45) is 1.85. The number of hydrogen-bond acceptors (Lipinski definition) is 4. The maximum atomic E-state index is 5.57. The van der Waals surface area contributed by atoms with Crippen LogP contribution in [0.4, 0.5) is 11.6 Å². The molecule has 2 aromatic heterocycles. The smallest absolute Gasteiger partial charge is 0.247 e. The van der Waals surface area contributed by atoms with Gasteiger partial charge >= 0.3 is 0 Å². The fourth-order valence-electron chi connectivity index (χ4n) is 2.14. The van der Waals surface area contributed by atoms with Gasteiger partial charge in [0, 0.05) is 11.4 Å². The summed E-state index contributed by atoms with van der Waals surface area (Å²) in [4.78, 5) is 4.49. The first-order chi connectivity index (χ1) is 9.86. The lowest BCUT2D eigenvalue weighted by Crippen LogP contribution is -2.04. The van der Waals surface area contributed by atoms with E-state index in [1.807, 2.05) is 47.0 Å². The SMILES string of the molecule is NCCCc1cccc2nc(Nc3ccccc3)nn12. The zero-order valence-electron chi connectivity index (χ0n) is 11.2. The molecule has 0 spiro atoms. The van der Waals surface area contributed by atoms with Crippen LogP contribution in [0.5, 0.6) is 0 Å². The molecule has 0 unspecified atom stereocenters. The van der Waals surface area contributed by atoms with E-state index in [1.54, 1.807) is 0 Å². The minimum atomic E-state index is 0.608. The number of nitrogens with one attached hydrogen (secondary N) is 1. The molecule has 3 N–H and O–H groups in total. The second-order valence-corrected chi connectivity index (χ2v) is 4.61. The molecule has 0 fully saturated rings. The molecule has 5 nitrogen and oxygen atoms in total. The number of aryl methyl sites for hydroxylation is 1. The highest BCUT2D eigenvalue weighted by Crippen LogP contribution is 2.15. The molecule has 2 heterocycles. The third-order valence-corrected chi connectivity index (χ3v) is 3.11. The zero-order chi connectivity index (χ0) is 13.8. The number of fused-ring (bicyclic) bond motifs is 1. The molecule has 3 aromatic rings. The highest BCUT2D eigenvalue weighted by Gasteiger charge is 2.06. The molecule has 0 saturated carbocycles. The van der Waals surface area contributed by atoms with Crippen LogP contribution in [0.25, 0.3) is 5.65 Å². The van der Waals surface area contributed by atoms with E-state index < -0.39 is 0 Å². The third kappa shape index (κ3) is 2.62. The van der Waals surface area contributed by atoms with Crippen LogP contribution in [0.15, 0.2) is 48.5 Å². The Labute approximate surface area is 117 Å². The first-order valence-electron chi connectivity index (χ1n) is 6.73. The van der Waals surface area contributed by atoms with Crippen molar-refractivity contribution in [3.05, 3.63) is 54.2 Å². The molecule has 1 aromatic carbocycles. The highest BCUT2D eigenvalue weighted by atomic mass is 15.4. The lowest BCUT2D eigenvalue weighted by Gasteiger charge is -2.02. The number of aromatic nitrogens is 3. The Hall–Kier alpha value is -2.40. The van der Waals surface area contributed by atoms with Crippen molar-refractivity contribution in [3.63, 3.8) is 0 Å². The number of pyridine rings is 1. The van der Waals surface area contributed by atoms with E-state index in [0.717, 1.165) is 29.9 Å². The van der Waals surface area contributed by atoms with Crippen LogP contribution in [-0.2, 0) is 6.42 Å². The van der Waals surface area contributed by atoms with Gasteiger partial charge in [-0.2, -0.15) is 4.98 Å². The summed E-state index contributed by atoms with van der Waals surface area (Å²) in [6, 6.07) is 15.9. The Morgan fingerprint density at radius 2 is 1.90 bits per heavy atom. The molecular formula is C15H17N5. The summed E-state index contributed by atoms with van der Waals surface area (Å²) >= 11 is 0. The molecule has 3 rings (SSSR count). The molecule has 0 aliphatic rings. The molecule has 0 atom stereocenters. The first-order valence-corrected chi connectivity index (χ1v) is 6.73. The lowest BCUT2D eigenvalue weighted by atomic mass is 10.2. The molecule has 5 heteroatoms. The Kier molecular flexibility index (Phi) is 3.60. The van der Waals surface area contributed by atoms with Gasteiger partial charge in [-0.3, -0.25) is 0 Å². The van der Waals surface area contributed by atoms with E-state index in [9.17, 15) is 0 Å². The van der Waals surface area contributed by atoms with E-state index in [-0.39, 0.29) is 0 Å². The van der Waals surface area contributed by atoms with Crippen molar-refractivity contribution in [2.75, 3.05) is 11.9 Å². The number of nitrogens with two attached hydrogens (primary N) is 1. The summed E-state index contributed by atoms with van der Waals surface area (Å²) in [6.45, 7) is 0.681. The summed E-state index contributed by atoms with van der Waals surface area (Å²) in [5, 5.41) is 7.72. The van der Waals surface area contributed by atoms with Crippen LogP contribution in [0.2, 0.25) is 0 Å². The number of nitrogens with zero attached hydrogens (tertiary/aromatic N) is 3. The van der Waals surface area contributed by atoms with Gasteiger partial charge in [0.15, 0.2) is 5.65 Å². The molecule has 102 valence electrons. The maximum absolute atomic E-state index is 5.57. The zero-order valence-corrected chi connectivity index (χ0v) is 11.2. The van der Waals surface area contributed by atoms with E-state index in [4.69, 9.17) is 5.73 Å². The monoisotopic (exact) mass is 267 g/mol. The predicted molar refractivity (Wildman–Crippen MR) is 80.1 cm³/mol. The highest BCUT2D eigenvalue weighted by molar-refractivity contribution is 5.55. The van der Waals surface area contributed by atoms with Gasteiger partial charge in [0.1, 0.15) is 0 Å². The van der Waals surface area contributed by atoms with Gasteiger partial charge in [-0.15, -0.1) is 5.10 Å². The molecule has 0 aliphatic heterocycles. The second-order valence-electron chi connectivity index (χ2n) is 4.61. The number of para-hydroxylation sites is 1. The topological polar surface area (TPSA) is 68.2 Å². The van der Waals surface area contributed by atoms with E-state index >= 15 is 0 Å². The van der Waals surface area contributed by atoms with Gasteiger partial charge in [0.05, 0.1) is 0 Å². The Bertz CT molecular complexity index is 690. The largest absolute Gasteiger partial charge is 0.330 e. The van der Waals surface area contributed by atoms with Crippen LogP contribution in [0.3, 0.4) is 0 Å². The fourth-order valence-corrected chi connectivity index (χ4v) is 2.14. The number of anilines is 2. The lowest BCUT2D eigenvalue weighted by molar-refractivity contribution is 0.768. The summed E-state index contributed by atoms with van der Waals surface area (Å²) < 4.78 is 1.88. The van der Waals surface area contributed by atoms with Crippen molar-refractivity contribution in [2.24, 2.45) is 5.73 Å². The van der Waals surface area contributed by atoms with Crippen LogP contribution < -0.4 is 11.1 Å². The van der Waals surface area contributed by atoms with Crippen LogP contribution >= 0.6 is 0 Å². The first kappa shape index (κ1) is 12.6. The van der Waals surface area contributed by atoms with E-state index in [1.165, 1.54) is 0 Å². The molecule has 0 aliphatic carbocycles. The quantitative estimate of drug-likeness (QED) is 0.744.